The van der Waals surface area contributed by atoms with E-state index in [2.05, 4.69) is 4.98 Å². The summed E-state index contributed by atoms with van der Waals surface area (Å²) in [7, 11) is 0. The summed E-state index contributed by atoms with van der Waals surface area (Å²) in [5.74, 6) is 0.776. The molecule has 1 unspecified atom stereocenters. The molecule has 2 aliphatic heterocycles. The van der Waals surface area contributed by atoms with Crippen molar-refractivity contribution in [1.82, 2.24) is 14.8 Å². The number of halogens is 1. The van der Waals surface area contributed by atoms with Gasteiger partial charge < -0.3 is 19.3 Å². The van der Waals surface area contributed by atoms with Gasteiger partial charge in [0.2, 0.25) is 5.88 Å². The minimum Gasteiger partial charge on any atom is -0.476 e. The van der Waals surface area contributed by atoms with Crippen LogP contribution < -0.4 is 4.74 Å². The maximum atomic E-state index is 12.5. The van der Waals surface area contributed by atoms with E-state index in [0.717, 1.165) is 25.9 Å². The van der Waals surface area contributed by atoms with E-state index in [1.807, 2.05) is 9.80 Å². The number of urea groups is 1. The Morgan fingerprint density at radius 2 is 2.17 bits per heavy atom. The lowest BCUT2D eigenvalue weighted by atomic mass is 9.99. The van der Waals surface area contributed by atoms with Crippen LogP contribution in [-0.2, 0) is 4.74 Å². The first kappa shape index (κ1) is 16.3. The third kappa shape index (κ3) is 4.26. The van der Waals surface area contributed by atoms with Gasteiger partial charge in [-0.15, -0.1) is 0 Å². The SMILES string of the molecule is O=C(N1CCOCC1)N1CCCC(COc2ncccc2Cl)C1. The monoisotopic (exact) mass is 339 g/mol. The van der Waals surface area contributed by atoms with Crippen LogP contribution >= 0.6 is 11.6 Å². The zero-order valence-electron chi connectivity index (χ0n) is 13.1. The number of morpholine rings is 1. The second-order valence-electron chi connectivity index (χ2n) is 5.94. The topological polar surface area (TPSA) is 54.9 Å². The summed E-state index contributed by atoms with van der Waals surface area (Å²) in [6.07, 6.45) is 3.72. The fourth-order valence-electron chi connectivity index (χ4n) is 3.00. The number of amides is 2. The highest BCUT2D eigenvalue weighted by Gasteiger charge is 2.28. The van der Waals surface area contributed by atoms with E-state index in [0.29, 0.717) is 49.7 Å². The number of piperidine rings is 1. The van der Waals surface area contributed by atoms with Crippen molar-refractivity contribution in [3.63, 3.8) is 0 Å². The van der Waals surface area contributed by atoms with Crippen LogP contribution in [0.3, 0.4) is 0 Å². The average molecular weight is 340 g/mol. The van der Waals surface area contributed by atoms with Crippen molar-refractivity contribution in [3.8, 4) is 5.88 Å². The first-order chi connectivity index (χ1) is 11.2. The van der Waals surface area contributed by atoms with Crippen LogP contribution in [0.1, 0.15) is 12.8 Å². The summed E-state index contributed by atoms with van der Waals surface area (Å²) in [5, 5.41) is 0.518. The van der Waals surface area contributed by atoms with Gasteiger partial charge in [0.1, 0.15) is 5.02 Å². The molecule has 0 bridgehead atoms. The summed E-state index contributed by atoms with van der Waals surface area (Å²) < 4.78 is 11.0. The minimum atomic E-state index is 0.119. The Bertz CT molecular complexity index is 537. The predicted octanol–water partition coefficient (Wildman–Crippen LogP) is 2.28. The molecule has 0 saturated carbocycles. The second kappa shape index (κ2) is 7.84. The van der Waals surface area contributed by atoms with Gasteiger partial charge in [-0.3, -0.25) is 0 Å². The van der Waals surface area contributed by atoms with Crippen LogP contribution in [-0.4, -0.2) is 66.8 Å². The lowest BCUT2D eigenvalue weighted by molar-refractivity contribution is 0.0373. The molecule has 2 saturated heterocycles. The molecular formula is C16H22ClN3O3. The van der Waals surface area contributed by atoms with Crippen LogP contribution in [0.25, 0.3) is 0 Å². The van der Waals surface area contributed by atoms with Crippen molar-refractivity contribution in [2.45, 2.75) is 12.8 Å². The van der Waals surface area contributed by atoms with Gasteiger partial charge in [-0.05, 0) is 25.0 Å². The number of carbonyl (C=O) groups is 1. The van der Waals surface area contributed by atoms with Crippen LogP contribution in [0.5, 0.6) is 5.88 Å². The molecule has 1 atom stereocenters. The lowest BCUT2D eigenvalue weighted by Crippen LogP contribution is -2.51. The zero-order chi connectivity index (χ0) is 16.1. The maximum absolute atomic E-state index is 12.5. The quantitative estimate of drug-likeness (QED) is 0.847. The van der Waals surface area contributed by atoms with Crippen molar-refractivity contribution in [2.75, 3.05) is 46.0 Å². The first-order valence-corrected chi connectivity index (χ1v) is 8.47. The van der Waals surface area contributed by atoms with Gasteiger partial charge in [-0.25, -0.2) is 9.78 Å². The predicted molar refractivity (Wildman–Crippen MR) is 86.8 cm³/mol. The number of likely N-dealkylation sites (tertiary alicyclic amines) is 1. The Hall–Kier alpha value is -1.53. The molecule has 0 radical (unpaired) electrons. The molecule has 3 heterocycles. The number of ether oxygens (including phenoxy) is 2. The van der Waals surface area contributed by atoms with Gasteiger partial charge in [0.05, 0.1) is 19.8 Å². The van der Waals surface area contributed by atoms with Gasteiger partial charge in [0.15, 0.2) is 0 Å². The molecule has 3 rings (SSSR count). The number of carbonyl (C=O) groups excluding carboxylic acids is 1. The molecule has 7 heteroatoms. The molecular weight excluding hydrogens is 318 g/mol. The van der Waals surface area contributed by atoms with Crippen LogP contribution in [0.15, 0.2) is 18.3 Å². The van der Waals surface area contributed by atoms with Crippen molar-refractivity contribution in [3.05, 3.63) is 23.4 Å². The standard InChI is InChI=1S/C16H22ClN3O3/c17-14-4-1-5-18-15(14)23-12-13-3-2-6-20(11-13)16(21)19-7-9-22-10-8-19/h1,4-5,13H,2-3,6-12H2. The normalized spacial score (nSPS) is 22.0. The highest BCUT2D eigenvalue weighted by atomic mass is 35.5. The zero-order valence-corrected chi connectivity index (χ0v) is 13.9. The summed E-state index contributed by atoms with van der Waals surface area (Å²) >= 11 is 6.05. The van der Waals surface area contributed by atoms with Gasteiger partial charge in [-0.2, -0.15) is 0 Å². The smallest absolute Gasteiger partial charge is 0.320 e. The minimum absolute atomic E-state index is 0.119. The summed E-state index contributed by atoms with van der Waals surface area (Å²) in [6, 6.07) is 3.66. The fourth-order valence-corrected chi connectivity index (χ4v) is 3.18. The average Bonchev–Trinajstić information content (AvgIpc) is 2.61. The van der Waals surface area contributed by atoms with E-state index < -0.39 is 0 Å². The number of hydrogen-bond donors (Lipinski definition) is 0. The van der Waals surface area contributed by atoms with E-state index in [-0.39, 0.29) is 6.03 Å². The number of pyridine rings is 1. The molecule has 1 aromatic heterocycles. The van der Waals surface area contributed by atoms with E-state index in [4.69, 9.17) is 21.1 Å². The molecule has 0 N–H and O–H groups in total. The number of aromatic nitrogens is 1. The van der Waals surface area contributed by atoms with Crippen molar-refractivity contribution < 1.29 is 14.3 Å². The van der Waals surface area contributed by atoms with Crippen LogP contribution in [0, 0.1) is 5.92 Å². The fraction of sp³-hybridized carbons (Fsp3) is 0.625. The van der Waals surface area contributed by atoms with Crippen molar-refractivity contribution >= 4 is 17.6 Å². The summed E-state index contributed by atoms with van der Waals surface area (Å²) in [5.41, 5.74) is 0. The van der Waals surface area contributed by atoms with Gasteiger partial charge in [-0.1, -0.05) is 11.6 Å². The molecule has 6 nitrogen and oxygen atoms in total. The van der Waals surface area contributed by atoms with Crippen molar-refractivity contribution in [2.24, 2.45) is 5.92 Å². The largest absolute Gasteiger partial charge is 0.476 e. The molecule has 2 amide bonds. The third-order valence-corrected chi connectivity index (χ3v) is 4.54. The molecule has 2 aliphatic rings. The van der Waals surface area contributed by atoms with Crippen LogP contribution in [0.2, 0.25) is 5.02 Å². The molecule has 0 aliphatic carbocycles. The van der Waals surface area contributed by atoms with E-state index >= 15 is 0 Å². The van der Waals surface area contributed by atoms with E-state index in [1.54, 1.807) is 18.3 Å². The van der Waals surface area contributed by atoms with Crippen LogP contribution in [0.4, 0.5) is 4.79 Å². The Morgan fingerprint density at radius 1 is 1.35 bits per heavy atom. The highest BCUT2D eigenvalue weighted by molar-refractivity contribution is 6.31. The van der Waals surface area contributed by atoms with Gasteiger partial charge >= 0.3 is 6.03 Å². The summed E-state index contributed by atoms with van der Waals surface area (Å²) in [6.45, 7) is 4.69. The maximum Gasteiger partial charge on any atom is 0.320 e. The van der Waals surface area contributed by atoms with Crippen molar-refractivity contribution in [1.29, 1.82) is 0 Å². The second-order valence-corrected chi connectivity index (χ2v) is 6.34. The third-order valence-electron chi connectivity index (χ3n) is 4.25. The Balaban J connectivity index is 1.51. The number of nitrogens with zero attached hydrogens (tertiary/aromatic N) is 3. The molecule has 2 fully saturated rings. The highest BCUT2D eigenvalue weighted by Crippen LogP contribution is 2.23. The van der Waals surface area contributed by atoms with E-state index in [1.165, 1.54) is 0 Å². The number of hydrogen-bond acceptors (Lipinski definition) is 4. The molecule has 126 valence electrons. The van der Waals surface area contributed by atoms with Gasteiger partial charge in [0.25, 0.3) is 0 Å². The Kier molecular flexibility index (Phi) is 5.56. The van der Waals surface area contributed by atoms with E-state index in [9.17, 15) is 4.79 Å². The Labute approximate surface area is 141 Å². The first-order valence-electron chi connectivity index (χ1n) is 8.09. The molecule has 0 aromatic carbocycles. The molecule has 0 spiro atoms. The molecule has 23 heavy (non-hydrogen) atoms. The summed E-state index contributed by atoms with van der Waals surface area (Å²) in [4.78, 5) is 20.5. The number of rotatable bonds is 3. The van der Waals surface area contributed by atoms with Gasteiger partial charge in [0, 0.05) is 38.3 Å². The Morgan fingerprint density at radius 3 is 2.96 bits per heavy atom. The lowest BCUT2D eigenvalue weighted by Gasteiger charge is -2.37. The molecule has 1 aromatic rings.